The molecule has 0 N–H and O–H groups in total. The van der Waals surface area contributed by atoms with Crippen LogP contribution >= 0.6 is 0 Å². The van der Waals surface area contributed by atoms with Crippen LogP contribution in [-0.2, 0) is 18.3 Å². The van der Waals surface area contributed by atoms with Crippen LogP contribution in [0.1, 0.15) is 68.2 Å². The number of hydrogen-bond acceptors (Lipinski definition) is 3. The van der Waals surface area contributed by atoms with Crippen molar-refractivity contribution in [3.63, 3.8) is 0 Å². The van der Waals surface area contributed by atoms with E-state index < -0.39 is 0 Å². The second kappa shape index (κ2) is 6.36. The van der Waals surface area contributed by atoms with Crippen LogP contribution in [0.15, 0.2) is 18.3 Å². The predicted octanol–water partition coefficient (Wildman–Crippen LogP) is 4.89. The quantitative estimate of drug-likeness (QED) is 0.703. The second-order valence-electron chi connectivity index (χ2n) is 7.74. The first-order valence-corrected chi connectivity index (χ1v) is 8.81. The zero-order valence-electron chi connectivity index (χ0n) is 15.1. The molecule has 2 heterocycles. The van der Waals surface area contributed by atoms with Crippen molar-refractivity contribution in [1.82, 2.24) is 9.97 Å². The Hall–Kier alpha value is -2.21. The fraction of sp³-hybridized carbons (Fsp3) is 0.476. The normalized spacial score (nSPS) is 14.6. The van der Waals surface area contributed by atoms with E-state index in [1.54, 1.807) is 0 Å². The third kappa shape index (κ3) is 3.06. The Bertz CT molecular complexity index is 807. The summed E-state index contributed by atoms with van der Waals surface area (Å²) >= 11 is 0. The third-order valence-corrected chi connectivity index (χ3v) is 4.73. The monoisotopic (exact) mass is 319 g/mol. The Morgan fingerprint density at radius 1 is 1.12 bits per heavy atom. The Kier molecular flexibility index (Phi) is 4.41. The molecule has 0 fully saturated rings. The number of aryl methyl sites for hydroxylation is 2. The van der Waals surface area contributed by atoms with Gasteiger partial charge in [-0.1, -0.05) is 27.2 Å². The molecule has 0 atom stereocenters. The molecule has 0 saturated carbocycles. The number of nitriles is 1. The number of fused-ring (bicyclic) bond motifs is 1. The second-order valence-corrected chi connectivity index (χ2v) is 7.74. The van der Waals surface area contributed by atoms with E-state index in [4.69, 9.17) is 4.98 Å². The van der Waals surface area contributed by atoms with E-state index >= 15 is 0 Å². The molecule has 2 aromatic heterocycles. The average molecular weight is 319 g/mol. The van der Waals surface area contributed by atoms with Crippen molar-refractivity contribution < 1.29 is 0 Å². The van der Waals surface area contributed by atoms with Crippen LogP contribution in [0.2, 0.25) is 0 Å². The van der Waals surface area contributed by atoms with E-state index in [9.17, 15) is 5.26 Å². The van der Waals surface area contributed by atoms with Crippen LogP contribution < -0.4 is 0 Å². The molecule has 1 aliphatic carbocycles. The first-order valence-electron chi connectivity index (χ1n) is 8.81. The van der Waals surface area contributed by atoms with Gasteiger partial charge in [0.25, 0.3) is 0 Å². The Labute approximate surface area is 144 Å². The summed E-state index contributed by atoms with van der Waals surface area (Å²) in [5, 5.41) is 9.96. The molecule has 0 spiro atoms. The summed E-state index contributed by atoms with van der Waals surface area (Å²) in [4.78, 5) is 9.31. The summed E-state index contributed by atoms with van der Waals surface area (Å²) in [5.41, 5.74) is 7.17. The Balaban J connectivity index is 2.38. The lowest BCUT2D eigenvalue weighted by Gasteiger charge is -2.24. The van der Waals surface area contributed by atoms with Gasteiger partial charge in [-0.15, -0.1) is 0 Å². The van der Waals surface area contributed by atoms with Crippen molar-refractivity contribution in [2.24, 2.45) is 0 Å². The number of aromatic nitrogens is 2. The topological polar surface area (TPSA) is 49.6 Å². The lowest BCUT2D eigenvalue weighted by molar-refractivity contribution is 0.562. The van der Waals surface area contributed by atoms with Crippen LogP contribution in [0.5, 0.6) is 0 Å². The van der Waals surface area contributed by atoms with E-state index in [-0.39, 0.29) is 5.41 Å². The molecular formula is C21H25N3. The maximum absolute atomic E-state index is 9.96. The van der Waals surface area contributed by atoms with Gasteiger partial charge in [0.05, 0.1) is 11.3 Å². The van der Waals surface area contributed by atoms with Gasteiger partial charge in [-0.05, 0) is 55.9 Å². The summed E-state index contributed by atoms with van der Waals surface area (Å²) in [7, 11) is 0. The molecule has 0 bridgehead atoms. The van der Waals surface area contributed by atoms with Crippen LogP contribution in [0.25, 0.3) is 11.1 Å². The van der Waals surface area contributed by atoms with E-state index in [0.29, 0.717) is 0 Å². The van der Waals surface area contributed by atoms with Gasteiger partial charge in [-0.3, -0.25) is 9.97 Å². The van der Waals surface area contributed by atoms with Crippen molar-refractivity contribution in [1.29, 1.82) is 5.26 Å². The molecule has 3 rings (SSSR count). The van der Waals surface area contributed by atoms with Crippen molar-refractivity contribution >= 4 is 0 Å². The molecule has 3 nitrogen and oxygen atoms in total. The highest BCUT2D eigenvalue weighted by atomic mass is 14.8. The zero-order chi connectivity index (χ0) is 17.3. The van der Waals surface area contributed by atoms with Crippen molar-refractivity contribution in [2.45, 2.75) is 65.2 Å². The van der Waals surface area contributed by atoms with Gasteiger partial charge in [0.15, 0.2) is 0 Å². The SMILES string of the molecule is Cc1cc(-c2c(C#N)c(C(C)(C)C)nc3c2CCCCC3)ccn1. The van der Waals surface area contributed by atoms with Crippen LogP contribution in [-0.4, -0.2) is 9.97 Å². The fourth-order valence-electron chi connectivity index (χ4n) is 3.59. The summed E-state index contributed by atoms with van der Waals surface area (Å²) < 4.78 is 0. The highest BCUT2D eigenvalue weighted by Crippen LogP contribution is 2.37. The molecule has 0 aliphatic heterocycles. The maximum Gasteiger partial charge on any atom is 0.102 e. The first kappa shape index (κ1) is 16.6. The fourth-order valence-corrected chi connectivity index (χ4v) is 3.59. The van der Waals surface area contributed by atoms with Gasteiger partial charge in [0.2, 0.25) is 0 Å². The van der Waals surface area contributed by atoms with E-state index in [1.807, 2.05) is 19.2 Å². The molecule has 3 heteroatoms. The standard InChI is InChI=1S/C21H25N3/c1-14-12-15(10-11-23-14)19-16-8-6-5-7-9-18(16)24-20(17(19)13-22)21(2,3)4/h10-12H,5-9H2,1-4H3. The van der Waals surface area contributed by atoms with Crippen LogP contribution in [0.4, 0.5) is 0 Å². The molecule has 0 unspecified atom stereocenters. The minimum Gasteiger partial charge on any atom is -0.262 e. The summed E-state index contributed by atoms with van der Waals surface area (Å²) in [6.45, 7) is 8.42. The van der Waals surface area contributed by atoms with Gasteiger partial charge in [0.1, 0.15) is 6.07 Å². The van der Waals surface area contributed by atoms with E-state index in [0.717, 1.165) is 40.9 Å². The van der Waals surface area contributed by atoms with Crippen LogP contribution in [0.3, 0.4) is 0 Å². The van der Waals surface area contributed by atoms with E-state index in [2.05, 4.69) is 37.9 Å². The molecule has 24 heavy (non-hydrogen) atoms. The summed E-state index contributed by atoms with van der Waals surface area (Å²) in [6.07, 6.45) is 7.46. The molecule has 1 aliphatic rings. The Morgan fingerprint density at radius 2 is 1.88 bits per heavy atom. The van der Waals surface area contributed by atoms with Crippen molar-refractivity contribution in [3.8, 4) is 17.2 Å². The van der Waals surface area contributed by atoms with Gasteiger partial charge in [-0.2, -0.15) is 5.26 Å². The maximum atomic E-state index is 9.96. The summed E-state index contributed by atoms with van der Waals surface area (Å²) in [6, 6.07) is 6.60. The number of nitrogens with zero attached hydrogens (tertiary/aromatic N) is 3. The Morgan fingerprint density at radius 3 is 2.54 bits per heavy atom. The van der Waals surface area contributed by atoms with Gasteiger partial charge < -0.3 is 0 Å². The van der Waals surface area contributed by atoms with E-state index in [1.165, 1.54) is 30.5 Å². The largest absolute Gasteiger partial charge is 0.262 e. The molecular weight excluding hydrogens is 294 g/mol. The van der Waals surface area contributed by atoms with Crippen molar-refractivity contribution in [2.75, 3.05) is 0 Å². The van der Waals surface area contributed by atoms with Crippen LogP contribution in [0, 0.1) is 18.3 Å². The number of hydrogen-bond donors (Lipinski definition) is 0. The summed E-state index contributed by atoms with van der Waals surface area (Å²) in [5.74, 6) is 0. The highest BCUT2D eigenvalue weighted by Gasteiger charge is 2.27. The predicted molar refractivity (Wildman–Crippen MR) is 96.9 cm³/mol. The lowest BCUT2D eigenvalue weighted by atomic mass is 9.82. The highest BCUT2D eigenvalue weighted by molar-refractivity contribution is 5.76. The lowest BCUT2D eigenvalue weighted by Crippen LogP contribution is -2.19. The molecule has 0 saturated heterocycles. The van der Waals surface area contributed by atoms with Gasteiger partial charge in [-0.25, -0.2) is 0 Å². The number of pyridine rings is 2. The molecule has 0 aromatic carbocycles. The third-order valence-electron chi connectivity index (χ3n) is 4.73. The average Bonchev–Trinajstić information content (AvgIpc) is 2.77. The minimum atomic E-state index is -0.150. The first-order chi connectivity index (χ1) is 11.4. The number of rotatable bonds is 1. The smallest absolute Gasteiger partial charge is 0.102 e. The van der Waals surface area contributed by atoms with Crippen molar-refractivity contribution in [3.05, 3.63) is 46.5 Å². The minimum absolute atomic E-state index is 0.150. The molecule has 0 radical (unpaired) electrons. The molecule has 0 amide bonds. The molecule has 124 valence electrons. The van der Waals surface area contributed by atoms with Gasteiger partial charge >= 0.3 is 0 Å². The van der Waals surface area contributed by atoms with Gasteiger partial charge in [0, 0.05) is 28.6 Å². The zero-order valence-corrected chi connectivity index (χ0v) is 15.1. The molecule has 2 aromatic rings.